The molecule has 32 heavy (non-hydrogen) atoms. The summed E-state index contributed by atoms with van der Waals surface area (Å²) in [5, 5.41) is 16.8. The lowest BCUT2D eigenvalue weighted by molar-refractivity contribution is 0.183. The van der Waals surface area contributed by atoms with Crippen molar-refractivity contribution >= 4 is 5.82 Å². The first-order chi connectivity index (χ1) is 15.6. The van der Waals surface area contributed by atoms with Crippen LogP contribution < -0.4 is 15.6 Å². The summed E-state index contributed by atoms with van der Waals surface area (Å²) in [7, 11) is 3.73. The van der Waals surface area contributed by atoms with Crippen molar-refractivity contribution in [2.24, 2.45) is 0 Å². The average molecular weight is 435 g/mol. The second kappa shape index (κ2) is 8.68. The van der Waals surface area contributed by atoms with Crippen molar-refractivity contribution in [1.29, 1.82) is 0 Å². The zero-order valence-corrected chi connectivity index (χ0v) is 18.2. The molecule has 1 aromatic carbocycles. The van der Waals surface area contributed by atoms with Crippen molar-refractivity contribution in [3.63, 3.8) is 0 Å². The van der Waals surface area contributed by atoms with Gasteiger partial charge in [-0.1, -0.05) is 12.1 Å². The summed E-state index contributed by atoms with van der Waals surface area (Å²) in [6.45, 7) is 2.70. The Hall–Kier alpha value is -3.30. The van der Waals surface area contributed by atoms with Crippen molar-refractivity contribution in [2.75, 3.05) is 39.2 Å². The van der Waals surface area contributed by atoms with Gasteiger partial charge in [0.05, 0.1) is 37.8 Å². The summed E-state index contributed by atoms with van der Waals surface area (Å²) in [5.41, 5.74) is 3.65. The third kappa shape index (κ3) is 4.09. The quantitative estimate of drug-likeness (QED) is 0.649. The van der Waals surface area contributed by atoms with Crippen LogP contribution in [0.2, 0.25) is 0 Å². The maximum absolute atomic E-state index is 12.7. The molecule has 0 amide bonds. The van der Waals surface area contributed by atoms with E-state index in [2.05, 4.69) is 38.6 Å². The molecular formula is C23H26N6O3. The van der Waals surface area contributed by atoms with Gasteiger partial charge in [0.15, 0.2) is 0 Å². The lowest BCUT2D eigenvalue weighted by Crippen LogP contribution is -2.37. The number of nitrogens with one attached hydrogen (secondary N) is 1. The van der Waals surface area contributed by atoms with Gasteiger partial charge in [0.2, 0.25) is 0 Å². The van der Waals surface area contributed by atoms with E-state index in [0.717, 1.165) is 36.5 Å². The molecular weight excluding hydrogens is 408 g/mol. The van der Waals surface area contributed by atoms with E-state index in [-0.39, 0.29) is 17.6 Å². The highest BCUT2D eigenvalue weighted by molar-refractivity contribution is 5.60. The number of aromatic nitrogens is 4. The zero-order chi connectivity index (χ0) is 22.1. The molecule has 0 radical (unpaired) electrons. The molecule has 4 heterocycles. The number of hydrogen-bond donors (Lipinski definition) is 1. The normalized spacial score (nSPS) is 20.7. The van der Waals surface area contributed by atoms with E-state index in [4.69, 9.17) is 9.47 Å². The number of ether oxygens (including phenoxy) is 2. The minimum atomic E-state index is -0.256. The molecule has 1 saturated heterocycles. The molecule has 9 nitrogen and oxygen atoms in total. The van der Waals surface area contributed by atoms with Crippen molar-refractivity contribution in [1.82, 2.24) is 24.9 Å². The standard InChI is InChI=1S/C23H26N6O3/c1-28-9-8-18-16(12-28)11-22(26-25-18)24-20-13-32-14-21(20)29-23(30)7-6-19(27-29)15-4-3-5-17(10-15)31-2/h3-7,10-11,20-21H,8-9,12-14H2,1-2H3,(H,24,26). The fourth-order valence-corrected chi connectivity index (χ4v) is 4.25. The second-order valence-electron chi connectivity index (χ2n) is 8.28. The van der Waals surface area contributed by atoms with E-state index in [0.29, 0.717) is 24.7 Å². The number of nitrogens with zero attached hydrogens (tertiary/aromatic N) is 5. The Balaban J connectivity index is 1.41. The lowest BCUT2D eigenvalue weighted by atomic mass is 10.1. The highest BCUT2D eigenvalue weighted by Crippen LogP contribution is 2.25. The first-order valence-corrected chi connectivity index (χ1v) is 10.7. The Morgan fingerprint density at radius 2 is 2.06 bits per heavy atom. The van der Waals surface area contributed by atoms with Gasteiger partial charge in [0.1, 0.15) is 17.6 Å². The molecule has 1 N–H and O–H groups in total. The maximum atomic E-state index is 12.7. The average Bonchev–Trinajstić information content (AvgIpc) is 3.27. The molecule has 0 bridgehead atoms. The summed E-state index contributed by atoms with van der Waals surface area (Å²) in [6.07, 6.45) is 0.907. The van der Waals surface area contributed by atoms with Gasteiger partial charge >= 0.3 is 0 Å². The number of rotatable bonds is 5. The van der Waals surface area contributed by atoms with Crippen LogP contribution >= 0.6 is 0 Å². The lowest BCUT2D eigenvalue weighted by Gasteiger charge is -2.25. The second-order valence-corrected chi connectivity index (χ2v) is 8.28. The molecule has 166 valence electrons. The van der Waals surface area contributed by atoms with Gasteiger partial charge in [-0.05, 0) is 36.9 Å². The number of methoxy groups -OCH3 is 1. The summed E-state index contributed by atoms with van der Waals surface area (Å²) in [5.74, 6) is 1.43. The van der Waals surface area contributed by atoms with Gasteiger partial charge in [0, 0.05) is 31.1 Å². The summed E-state index contributed by atoms with van der Waals surface area (Å²) in [4.78, 5) is 15.0. The molecule has 0 saturated carbocycles. The summed E-state index contributed by atoms with van der Waals surface area (Å²) >= 11 is 0. The van der Waals surface area contributed by atoms with Crippen LogP contribution in [0.15, 0.2) is 47.3 Å². The molecule has 2 unspecified atom stereocenters. The monoisotopic (exact) mass is 434 g/mol. The van der Waals surface area contributed by atoms with Crippen molar-refractivity contribution in [3.8, 4) is 17.0 Å². The van der Waals surface area contributed by atoms with Gasteiger partial charge < -0.3 is 19.7 Å². The van der Waals surface area contributed by atoms with Crippen LogP contribution in [0.5, 0.6) is 5.75 Å². The Kier molecular flexibility index (Phi) is 5.59. The largest absolute Gasteiger partial charge is 0.497 e. The number of benzene rings is 1. The smallest absolute Gasteiger partial charge is 0.267 e. The number of anilines is 1. The predicted molar refractivity (Wildman–Crippen MR) is 120 cm³/mol. The fraction of sp³-hybridized carbons (Fsp3) is 0.391. The SMILES string of the molecule is COc1cccc(-c2ccc(=O)n(C3COCC3Nc3cc4c(nn3)CCN(C)C4)n2)c1. The van der Waals surface area contributed by atoms with Crippen LogP contribution in [0.4, 0.5) is 5.82 Å². The number of likely N-dealkylation sites (N-methyl/N-ethyl adjacent to an activating group) is 1. The van der Waals surface area contributed by atoms with Crippen LogP contribution in [0, 0.1) is 0 Å². The highest BCUT2D eigenvalue weighted by Gasteiger charge is 2.32. The first-order valence-electron chi connectivity index (χ1n) is 10.7. The van der Waals surface area contributed by atoms with Crippen molar-refractivity contribution < 1.29 is 9.47 Å². The Morgan fingerprint density at radius 3 is 2.94 bits per heavy atom. The van der Waals surface area contributed by atoms with E-state index < -0.39 is 0 Å². The Labute approximate surface area is 186 Å². The van der Waals surface area contributed by atoms with E-state index >= 15 is 0 Å². The van der Waals surface area contributed by atoms with Crippen LogP contribution in [0.3, 0.4) is 0 Å². The third-order valence-electron chi connectivity index (χ3n) is 6.02. The van der Waals surface area contributed by atoms with E-state index in [1.807, 2.05) is 24.3 Å². The maximum Gasteiger partial charge on any atom is 0.267 e. The summed E-state index contributed by atoms with van der Waals surface area (Å²) in [6, 6.07) is 12.6. The molecule has 2 aliphatic rings. The third-order valence-corrected chi connectivity index (χ3v) is 6.02. The van der Waals surface area contributed by atoms with Gasteiger partial charge in [-0.3, -0.25) is 4.79 Å². The Bertz CT molecular complexity index is 1180. The zero-order valence-electron chi connectivity index (χ0n) is 18.2. The topological polar surface area (TPSA) is 94.4 Å². The number of hydrogen-bond acceptors (Lipinski definition) is 8. The molecule has 9 heteroatoms. The minimum Gasteiger partial charge on any atom is -0.497 e. The van der Waals surface area contributed by atoms with E-state index in [9.17, 15) is 4.79 Å². The summed E-state index contributed by atoms with van der Waals surface area (Å²) < 4.78 is 12.6. The molecule has 2 aromatic heterocycles. The van der Waals surface area contributed by atoms with Crippen molar-refractivity contribution in [2.45, 2.75) is 25.0 Å². The fourth-order valence-electron chi connectivity index (χ4n) is 4.25. The van der Waals surface area contributed by atoms with Crippen LogP contribution in [0.25, 0.3) is 11.3 Å². The Morgan fingerprint density at radius 1 is 1.16 bits per heavy atom. The molecule has 2 aliphatic heterocycles. The van der Waals surface area contributed by atoms with Crippen LogP contribution in [-0.4, -0.2) is 64.8 Å². The molecule has 5 rings (SSSR count). The molecule has 3 aromatic rings. The predicted octanol–water partition coefficient (Wildman–Crippen LogP) is 1.75. The van der Waals surface area contributed by atoms with Crippen molar-refractivity contribution in [3.05, 3.63) is 64.1 Å². The van der Waals surface area contributed by atoms with E-state index in [1.165, 1.54) is 10.2 Å². The van der Waals surface area contributed by atoms with Crippen LogP contribution in [0.1, 0.15) is 17.3 Å². The molecule has 2 atom stereocenters. The van der Waals surface area contributed by atoms with Gasteiger partial charge in [0.25, 0.3) is 5.56 Å². The highest BCUT2D eigenvalue weighted by atomic mass is 16.5. The molecule has 0 aliphatic carbocycles. The van der Waals surface area contributed by atoms with E-state index in [1.54, 1.807) is 19.2 Å². The molecule has 1 fully saturated rings. The number of fused-ring (bicyclic) bond motifs is 1. The minimum absolute atomic E-state index is 0.144. The van der Waals surface area contributed by atoms with Gasteiger partial charge in [-0.15, -0.1) is 5.10 Å². The first kappa shape index (κ1) is 20.6. The molecule has 0 spiro atoms. The van der Waals surface area contributed by atoms with Crippen LogP contribution in [-0.2, 0) is 17.7 Å². The van der Waals surface area contributed by atoms with Gasteiger partial charge in [-0.25, -0.2) is 4.68 Å². The van der Waals surface area contributed by atoms with Gasteiger partial charge in [-0.2, -0.15) is 10.2 Å².